The highest BCUT2D eigenvalue weighted by molar-refractivity contribution is 7.59. The molecule has 1 heterocycles. The summed E-state index contributed by atoms with van der Waals surface area (Å²) in [6.45, 7) is 4.31. The van der Waals surface area contributed by atoms with Gasteiger partial charge in [-0.3, -0.25) is 4.79 Å². The lowest BCUT2D eigenvalue weighted by molar-refractivity contribution is -0.227. The van der Waals surface area contributed by atoms with E-state index in [0.29, 0.717) is 18.8 Å². The van der Waals surface area contributed by atoms with Gasteiger partial charge in [-0.25, -0.2) is 9.05 Å². The zero-order chi connectivity index (χ0) is 13.2. The second kappa shape index (κ2) is 5.45. The van der Waals surface area contributed by atoms with Crippen LogP contribution in [-0.2, 0) is 9.05 Å². The maximum Gasteiger partial charge on any atom is 0.244 e. The number of carbonyl (C=O) groups excluding carboxylic acids is 1. The Morgan fingerprint density at radius 1 is 1.28 bits per heavy atom. The highest BCUT2D eigenvalue weighted by Crippen LogP contribution is 2.65. The van der Waals surface area contributed by atoms with Crippen LogP contribution in [0.5, 0.6) is 0 Å². The van der Waals surface area contributed by atoms with Crippen LogP contribution in [0.15, 0.2) is 24.3 Å². The third-order valence-electron chi connectivity index (χ3n) is 3.11. The summed E-state index contributed by atoms with van der Waals surface area (Å²) in [7, 11) is -3.05. The monoisotopic (exact) mass is 268 g/mol. The van der Waals surface area contributed by atoms with Crippen LogP contribution in [0.25, 0.3) is 0 Å². The Morgan fingerprint density at radius 2 is 1.83 bits per heavy atom. The van der Waals surface area contributed by atoms with Gasteiger partial charge in [0.05, 0.1) is 13.2 Å². The van der Waals surface area contributed by atoms with Gasteiger partial charge in [0, 0.05) is 12.0 Å². The molecule has 0 radical (unpaired) electrons. The SMILES string of the molecule is CC(=O)c1ccc([C@H](C)[P+]2([O-])OCCCO2)cc1. The van der Waals surface area contributed by atoms with Crippen molar-refractivity contribution in [3.63, 3.8) is 0 Å². The molecule has 1 aromatic rings. The summed E-state index contributed by atoms with van der Waals surface area (Å²) in [5.74, 6) is 0.0194. The van der Waals surface area contributed by atoms with E-state index in [1.54, 1.807) is 12.1 Å². The molecular formula is C13H17O4P. The molecule has 98 valence electrons. The summed E-state index contributed by atoms with van der Waals surface area (Å²) in [6, 6.07) is 7.10. The highest BCUT2D eigenvalue weighted by Gasteiger charge is 2.41. The average molecular weight is 268 g/mol. The van der Waals surface area contributed by atoms with E-state index in [1.807, 2.05) is 19.1 Å². The van der Waals surface area contributed by atoms with Gasteiger partial charge in [0.2, 0.25) is 7.94 Å². The minimum Gasteiger partial charge on any atom is -0.631 e. The van der Waals surface area contributed by atoms with Gasteiger partial charge in [-0.15, -0.1) is 0 Å². The van der Waals surface area contributed by atoms with Crippen LogP contribution in [0.4, 0.5) is 0 Å². The molecule has 1 aromatic carbocycles. The maximum absolute atomic E-state index is 12.4. The number of carbonyl (C=O) groups is 1. The number of Topliss-reactive ketones (excluding diaryl/α,β-unsaturated/α-hetero) is 1. The van der Waals surface area contributed by atoms with E-state index in [9.17, 15) is 9.69 Å². The van der Waals surface area contributed by atoms with Crippen LogP contribution < -0.4 is 4.89 Å². The van der Waals surface area contributed by atoms with E-state index in [0.717, 1.165) is 12.0 Å². The Labute approximate surface area is 108 Å². The lowest BCUT2D eigenvalue weighted by Crippen LogP contribution is -2.26. The molecule has 0 saturated carbocycles. The van der Waals surface area contributed by atoms with Gasteiger partial charge in [0.15, 0.2) is 5.78 Å². The molecule has 0 unspecified atom stereocenters. The van der Waals surface area contributed by atoms with E-state index in [4.69, 9.17) is 9.05 Å². The molecule has 1 atom stereocenters. The van der Waals surface area contributed by atoms with Crippen LogP contribution in [0.3, 0.4) is 0 Å². The van der Waals surface area contributed by atoms with Crippen LogP contribution in [0.1, 0.15) is 41.8 Å². The van der Waals surface area contributed by atoms with Crippen molar-refractivity contribution in [1.29, 1.82) is 0 Å². The summed E-state index contributed by atoms with van der Waals surface area (Å²) in [5.41, 5.74) is 1.21. The molecule has 0 bridgehead atoms. The van der Waals surface area contributed by atoms with Crippen molar-refractivity contribution in [1.82, 2.24) is 0 Å². The first kappa shape index (κ1) is 13.6. The van der Waals surface area contributed by atoms with Gasteiger partial charge in [0.25, 0.3) is 0 Å². The maximum atomic E-state index is 12.4. The Hall–Kier alpha value is -0.800. The molecule has 1 fully saturated rings. The van der Waals surface area contributed by atoms with Crippen LogP contribution in [0, 0.1) is 0 Å². The van der Waals surface area contributed by atoms with Crippen molar-refractivity contribution in [3.8, 4) is 0 Å². The van der Waals surface area contributed by atoms with Gasteiger partial charge in [0.1, 0.15) is 5.66 Å². The van der Waals surface area contributed by atoms with E-state index in [1.165, 1.54) is 6.92 Å². The summed E-state index contributed by atoms with van der Waals surface area (Å²) in [6.07, 6.45) is 0.778. The fourth-order valence-electron chi connectivity index (χ4n) is 1.88. The molecule has 5 heteroatoms. The number of benzene rings is 1. The van der Waals surface area contributed by atoms with Crippen LogP contribution in [-0.4, -0.2) is 19.0 Å². The van der Waals surface area contributed by atoms with E-state index < -0.39 is 7.94 Å². The van der Waals surface area contributed by atoms with Gasteiger partial charge in [-0.2, -0.15) is 0 Å². The molecule has 0 amide bonds. The van der Waals surface area contributed by atoms with Crippen molar-refractivity contribution < 1.29 is 18.7 Å². The third-order valence-corrected chi connectivity index (χ3v) is 5.44. The van der Waals surface area contributed by atoms with Crippen LogP contribution in [0.2, 0.25) is 0 Å². The normalized spacial score (nSPS) is 20.4. The Kier molecular flexibility index (Phi) is 4.13. The fraction of sp³-hybridized carbons (Fsp3) is 0.462. The van der Waals surface area contributed by atoms with E-state index in [-0.39, 0.29) is 11.4 Å². The molecule has 1 aliphatic heterocycles. The van der Waals surface area contributed by atoms with Crippen molar-refractivity contribution >= 4 is 13.7 Å². The lowest BCUT2D eigenvalue weighted by atomic mass is 10.1. The molecule has 0 spiro atoms. The summed E-state index contributed by atoms with van der Waals surface area (Å²) < 4.78 is 10.7. The molecule has 0 aliphatic carbocycles. The van der Waals surface area contributed by atoms with E-state index >= 15 is 0 Å². The quantitative estimate of drug-likeness (QED) is 0.624. The number of ketones is 1. The lowest BCUT2D eigenvalue weighted by Gasteiger charge is -2.35. The summed E-state index contributed by atoms with van der Waals surface area (Å²) >= 11 is 0. The minimum absolute atomic E-state index is 0.0194. The zero-order valence-corrected chi connectivity index (χ0v) is 11.5. The average Bonchev–Trinajstić information content (AvgIpc) is 2.39. The summed E-state index contributed by atoms with van der Waals surface area (Å²) in [4.78, 5) is 23.6. The molecule has 0 N–H and O–H groups in total. The molecule has 4 nitrogen and oxygen atoms in total. The summed E-state index contributed by atoms with van der Waals surface area (Å²) in [5, 5.41) is 0. The van der Waals surface area contributed by atoms with E-state index in [2.05, 4.69) is 0 Å². The molecule has 2 rings (SSSR count). The molecule has 1 aliphatic rings. The molecule has 1 saturated heterocycles. The third kappa shape index (κ3) is 2.78. The topological polar surface area (TPSA) is 58.6 Å². The zero-order valence-electron chi connectivity index (χ0n) is 10.6. The predicted octanol–water partition coefficient (Wildman–Crippen LogP) is 2.51. The first-order valence-corrected chi connectivity index (χ1v) is 7.64. The van der Waals surface area contributed by atoms with Gasteiger partial charge >= 0.3 is 0 Å². The standard InChI is InChI=1S/C13H17O4P/c1-10(14)12-4-6-13(7-5-12)11(2)18(15)16-8-3-9-17-18/h4-7,11H,3,8-9H2,1-2H3/t11-/m0/s1. The Bertz CT molecular complexity index is 423. The molecule has 0 aromatic heterocycles. The number of hydrogen-bond donors (Lipinski definition) is 0. The minimum atomic E-state index is -3.05. The second-order valence-corrected chi connectivity index (χ2v) is 6.78. The predicted molar refractivity (Wildman–Crippen MR) is 68.3 cm³/mol. The highest BCUT2D eigenvalue weighted by atomic mass is 31.2. The van der Waals surface area contributed by atoms with Gasteiger partial charge < -0.3 is 4.89 Å². The smallest absolute Gasteiger partial charge is 0.244 e. The molecular weight excluding hydrogens is 251 g/mol. The Morgan fingerprint density at radius 3 is 2.33 bits per heavy atom. The van der Waals surface area contributed by atoms with Crippen molar-refractivity contribution in [2.75, 3.05) is 13.2 Å². The first-order valence-electron chi connectivity index (χ1n) is 6.02. The number of rotatable bonds is 3. The van der Waals surface area contributed by atoms with Crippen LogP contribution >= 0.6 is 7.94 Å². The largest absolute Gasteiger partial charge is 0.631 e. The van der Waals surface area contributed by atoms with Gasteiger partial charge in [-0.1, -0.05) is 24.3 Å². The Balaban J connectivity index is 2.17. The van der Waals surface area contributed by atoms with Gasteiger partial charge in [-0.05, 0) is 19.4 Å². The van der Waals surface area contributed by atoms with Crippen molar-refractivity contribution in [2.45, 2.75) is 25.9 Å². The van der Waals surface area contributed by atoms with Crippen molar-refractivity contribution in [3.05, 3.63) is 35.4 Å². The number of hydrogen-bond acceptors (Lipinski definition) is 4. The second-order valence-electron chi connectivity index (χ2n) is 4.41. The molecule has 18 heavy (non-hydrogen) atoms. The first-order chi connectivity index (χ1) is 8.53. The van der Waals surface area contributed by atoms with Crippen molar-refractivity contribution in [2.24, 2.45) is 0 Å². The fourth-order valence-corrected chi connectivity index (χ4v) is 3.71.